The number of nitrogens with zero attached hydrogens (tertiary/aromatic N) is 1. The van der Waals surface area contributed by atoms with Crippen LogP contribution in [0.15, 0.2) is 36.4 Å². The molecule has 0 amide bonds. The topological polar surface area (TPSA) is 24.2 Å². The SMILES string of the molecule is C[NH+](C)CCCNC(=S)N1CC[NH+](C/C=C/c2ccccc2)CC1. The van der Waals surface area contributed by atoms with Gasteiger partial charge < -0.3 is 20.0 Å². The first kappa shape index (κ1) is 18.9. The number of rotatable bonds is 7. The summed E-state index contributed by atoms with van der Waals surface area (Å²) in [5.41, 5.74) is 1.28. The summed E-state index contributed by atoms with van der Waals surface area (Å²) < 4.78 is 0. The number of nitrogens with one attached hydrogen (secondary N) is 3. The summed E-state index contributed by atoms with van der Waals surface area (Å²) in [6, 6.07) is 10.5. The summed E-state index contributed by atoms with van der Waals surface area (Å²) in [6.45, 7) is 7.68. The Balaban J connectivity index is 1.62. The highest BCUT2D eigenvalue weighted by Gasteiger charge is 2.20. The van der Waals surface area contributed by atoms with E-state index in [1.165, 1.54) is 17.0 Å². The summed E-state index contributed by atoms with van der Waals surface area (Å²) in [7, 11) is 4.37. The van der Waals surface area contributed by atoms with Gasteiger partial charge in [-0.15, -0.1) is 0 Å². The molecule has 1 aliphatic heterocycles. The second kappa shape index (κ2) is 10.4. The monoisotopic (exact) mass is 348 g/mol. The lowest BCUT2D eigenvalue weighted by atomic mass is 10.2. The van der Waals surface area contributed by atoms with Gasteiger partial charge in [0.15, 0.2) is 5.11 Å². The molecule has 2 rings (SSSR count). The molecular formula is C19H32N4S+2. The van der Waals surface area contributed by atoms with Gasteiger partial charge in [-0.1, -0.05) is 36.4 Å². The molecule has 0 aliphatic carbocycles. The average Bonchev–Trinajstić information content (AvgIpc) is 2.60. The number of hydrogen-bond donors (Lipinski definition) is 3. The molecule has 1 fully saturated rings. The van der Waals surface area contributed by atoms with E-state index in [2.05, 4.69) is 66.8 Å². The third-order valence-electron chi connectivity index (χ3n) is 4.40. The lowest BCUT2D eigenvalue weighted by molar-refractivity contribution is -0.897. The molecule has 1 saturated heterocycles. The molecule has 0 spiro atoms. The van der Waals surface area contributed by atoms with Crippen molar-refractivity contribution >= 4 is 23.4 Å². The minimum Gasteiger partial charge on any atom is -0.362 e. The Kier molecular flexibility index (Phi) is 8.22. The summed E-state index contributed by atoms with van der Waals surface area (Å²) in [6.07, 6.45) is 5.68. The summed E-state index contributed by atoms with van der Waals surface area (Å²) in [5, 5.41) is 4.34. The first-order valence-electron chi connectivity index (χ1n) is 9.02. The van der Waals surface area contributed by atoms with Crippen LogP contribution in [-0.4, -0.2) is 69.9 Å². The molecule has 1 aromatic rings. The molecule has 1 heterocycles. The van der Waals surface area contributed by atoms with Crippen molar-refractivity contribution in [1.29, 1.82) is 0 Å². The van der Waals surface area contributed by atoms with Crippen molar-refractivity contribution in [2.24, 2.45) is 0 Å². The van der Waals surface area contributed by atoms with E-state index in [0.717, 1.165) is 50.8 Å². The van der Waals surface area contributed by atoms with Gasteiger partial charge in [0.1, 0.15) is 0 Å². The molecule has 0 unspecified atom stereocenters. The lowest BCUT2D eigenvalue weighted by Crippen LogP contribution is -3.14. The van der Waals surface area contributed by atoms with Crippen LogP contribution in [0.25, 0.3) is 6.08 Å². The van der Waals surface area contributed by atoms with Crippen LogP contribution in [0.4, 0.5) is 0 Å². The smallest absolute Gasteiger partial charge is 0.169 e. The van der Waals surface area contributed by atoms with Gasteiger partial charge in [-0.05, 0) is 23.9 Å². The molecule has 1 aliphatic rings. The highest BCUT2D eigenvalue weighted by Crippen LogP contribution is 1.99. The van der Waals surface area contributed by atoms with Crippen LogP contribution in [0.5, 0.6) is 0 Å². The Morgan fingerprint density at radius 2 is 1.96 bits per heavy atom. The number of hydrogen-bond acceptors (Lipinski definition) is 1. The summed E-state index contributed by atoms with van der Waals surface area (Å²) >= 11 is 5.53. The average molecular weight is 349 g/mol. The van der Waals surface area contributed by atoms with Crippen LogP contribution in [0.1, 0.15) is 12.0 Å². The van der Waals surface area contributed by atoms with Gasteiger partial charge in [0.05, 0.1) is 53.4 Å². The van der Waals surface area contributed by atoms with Crippen molar-refractivity contribution in [2.75, 3.05) is 59.9 Å². The molecule has 0 radical (unpaired) electrons. The van der Waals surface area contributed by atoms with Crippen molar-refractivity contribution < 1.29 is 9.80 Å². The fourth-order valence-electron chi connectivity index (χ4n) is 2.91. The van der Waals surface area contributed by atoms with Gasteiger partial charge in [0.2, 0.25) is 0 Å². The van der Waals surface area contributed by atoms with Gasteiger partial charge in [0, 0.05) is 13.0 Å². The molecule has 4 nitrogen and oxygen atoms in total. The lowest BCUT2D eigenvalue weighted by Gasteiger charge is -2.33. The molecule has 24 heavy (non-hydrogen) atoms. The summed E-state index contributed by atoms with van der Waals surface area (Å²) in [5.74, 6) is 0. The Bertz CT molecular complexity index is 507. The molecule has 5 heteroatoms. The predicted octanol–water partition coefficient (Wildman–Crippen LogP) is -0.691. The molecule has 3 N–H and O–H groups in total. The maximum absolute atomic E-state index is 5.53. The first-order valence-corrected chi connectivity index (χ1v) is 9.43. The van der Waals surface area contributed by atoms with Crippen LogP contribution in [0.2, 0.25) is 0 Å². The quantitative estimate of drug-likeness (QED) is 0.449. The van der Waals surface area contributed by atoms with Crippen LogP contribution < -0.4 is 15.1 Å². The fraction of sp³-hybridized carbons (Fsp3) is 0.526. The number of benzene rings is 1. The standard InChI is InChI=1S/C19H30N4S/c1-21(2)12-7-11-20-19(24)23-16-14-22(15-17-23)13-6-10-18-8-4-3-5-9-18/h3-6,8-10H,7,11-17H2,1-2H3,(H,20,24)/p+2/b10-6+. The van der Waals surface area contributed by atoms with Crippen LogP contribution in [0, 0.1) is 0 Å². The van der Waals surface area contributed by atoms with E-state index in [9.17, 15) is 0 Å². The van der Waals surface area contributed by atoms with E-state index >= 15 is 0 Å². The van der Waals surface area contributed by atoms with Crippen LogP contribution >= 0.6 is 12.2 Å². The molecule has 0 atom stereocenters. The minimum atomic E-state index is 0.933. The van der Waals surface area contributed by atoms with Crippen LogP contribution in [-0.2, 0) is 0 Å². The van der Waals surface area contributed by atoms with Crippen molar-refractivity contribution in [3.8, 4) is 0 Å². The molecule has 132 valence electrons. The van der Waals surface area contributed by atoms with E-state index in [1.807, 2.05) is 0 Å². The maximum Gasteiger partial charge on any atom is 0.169 e. The predicted molar refractivity (Wildman–Crippen MR) is 106 cm³/mol. The highest BCUT2D eigenvalue weighted by molar-refractivity contribution is 7.80. The number of piperazine rings is 1. The zero-order chi connectivity index (χ0) is 17.2. The van der Waals surface area contributed by atoms with Crippen molar-refractivity contribution in [3.63, 3.8) is 0 Å². The van der Waals surface area contributed by atoms with E-state index in [0.29, 0.717) is 0 Å². The normalized spacial score (nSPS) is 16.0. The molecule has 1 aromatic carbocycles. The van der Waals surface area contributed by atoms with Crippen molar-refractivity contribution in [1.82, 2.24) is 10.2 Å². The van der Waals surface area contributed by atoms with E-state index in [4.69, 9.17) is 12.2 Å². The summed E-state index contributed by atoms with van der Waals surface area (Å²) in [4.78, 5) is 5.45. The largest absolute Gasteiger partial charge is 0.362 e. The van der Waals surface area contributed by atoms with E-state index in [1.54, 1.807) is 4.90 Å². The van der Waals surface area contributed by atoms with Crippen LogP contribution in [0.3, 0.4) is 0 Å². The third-order valence-corrected chi connectivity index (χ3v) is 4.81. The minimum absolute atomic E-state index is 0.933. The Morgan fingerprint density at radius 3 is 2.62 bits per heavy atom. The fourth-order valence-corrected chi connectivity index (χ4v) is 3.19. The molecular weight excluding hydrogens is 316 g/mol. The van der Waals surface area contributed by atoms with Gasteiger partial charge in [0.25, 0.3) is 0 Å². The van der Waals surface area contributed by atoms with Gasteiger partial charge >= 0.3 is 0 Å². The first-order chi connectivity index (χ1) is 11.6. The van der Waals surface area contributed by atoms with Gasteiger partial charge in [-0.2, -0.15) is 0 Å². The van der Waals surface area contributed by atoms with Gasteiger partial charge in [-0.25, -0.2) is 0 Å². The Morgan fingerprint density at radius 1 is 1.25 bits per heavy atom. The highest BCUT2D eigenvalue weighted by atomic mass is 32.1. The second-order valence-electron chi connectivity index (χ2n) is 6.80. The molecule has 0 aromatic heterocycles. The zero-order valence-corrected chi connectivity index (χ0v) is 15.9. The Labute approximate surface area is 152 Å². The number of thiocarbonyl (C=S) groups is 1. The van der Waals surface area contributed by atoms with E-state index < -0.39 is 0 Å². The zero-order valence-electron chi connectivity index (χ0n) is 15.1. The second-order valence-corrected chi connectivity index (χ2v) is 7.18. The van der Waals surface area contributed by atoms with Crippen molar-refractivity contribution in [2.45, 2.75) is 6.42 Å². The molecule has 0 bridgehead atoms. The van der Waals surface area contributed by atoms with Crippen molar-refractivity contribution in [3.05, 3.63) is 42.0 Å². The van der Waals surface area contributed by atoms with Gasteiger partial charge in [-0.3, -0.25) is 0 Å². The van der Waals surface area contributed by atoms with E-state index in [-0.39, 0.29) is 0 Å². The maximum atomic E-state index is 5.53. The molecule has 0 saturated carbocycles. The number of quaternary nitrogens is 2. The Hall–Kier alpha value is -1.43. The third kappa shape index (κ3) is 6.99.